The smallest absolute Gasteiger partial charge is 0.187 e. The maximum absolute atomic E-state index is 13.9. The number of likely N-dealkylation sites (N-methyl/N-ethyl adjacent to an activating group) is 1. The van der Waals surface area contributed by atoms with E-state index in [0.29, 0.717) is 12.1 Å². The van der Waals surface area contributed by atoms with Crippen molar-refractivity contribution in [3.63, 3.8) is 0 Å². The van der Waals surface area contributed by atoms with Crippen LogP contribution in [0.15, 0.2) is 6.33 Å². The van der Waals surface area contributed by atoms with Crippen molar-refractivity contribution in [1.29, 1.82) is 0 Å². The van der Waals surface area contributed by atoms with Crippen LogP contribution in [-0.4, -0.2) is 34.3 Å². The van der Waals surface area contributed by atoms with Gasteiger partial charge in [0.25, 0.3) is 0 Å². The van der Waals surface area contributed by atoms with Crippen molar-refractivity contribution in [3.8, 4) is 0 Å². The number of hydrogen-bond donors (Lipinski definition) is 1. The Hall–Kier alpha value is -1.23. The lowest BCUT2D eigenvalue weighted by molar-refractivity contribution is 0.215. The lowest BCUT2D eigenvalue weighted by Crippen LogP contribution is -2.45. The Morgan fingerprint density at radius 2 is 2.06 bits per heavy atom. The molecule has 0 saturated heterocycles. The van der Waals surface area contributed by atoms with E-state index >= 15 is 0 Å². The van der Waals surface area contributed by atoms with Gasteiger partial charge in [-0.1, -0.05) is 6.92 Å². The third-order valence-corrected chi connectivity index (χ3v) is 2.79. The average Bonchev–Trinajstić information content (AvgIpc) is 2.28. The number of hydrogen-bond acceptors (Lipinski definition) is 4. The van der Waals surface area contributed by atoms with Crippen molar-refractivity contribution in [1.82, 2.24) is 9.97 Å². The molecule has 0 unspecified atom stereocenters. The lowest BCUT2D eigenvalue weighted by atomic mass is 10.1. The van der Waals surface area contributed by atoms with Gasteiger partial charge < -0.3 is 10.0 Å². The van der Waals surface area contributed by atoms with E-state index in [-0.39, 0.29) is 12.4 Å². The summed E-state index contributed by atoms with van der Waals surface area (Å²) < 4.78 is 13.9. The number of aromatic nitrogens is 2. The van der Waals surface area contributed by atoms with Crippen molar-refractivity contribution in [2.45, 2.75) is 32.7 Å². The van der Waals surface area contributed by atoms with Crippen LogP contribution in [0.5, 0.6) is 0 Å². The molecule has 0 aliphatic heterocycles. The standard InChI is InChI=1S/C11H18FN3O/c1-5-8-9(12)10(14-7-13-8)15(4)11(2,3)6-16/h7,16H,5-6H2,1-4H3. The van der Waals surface area contributed by atoms with Gasteiger partial charge in [-0.15, -0.1) is 0 Å². The molecule has 0 fully saturated rings. The molecule has 0 aromatic carbocycles. The molecule has 90 valence electrons. The third-order valence-electron chi connectivity index (χ3n) is 2.79. The summed E-state index contributed by atoms with van der Waals surface area (Å²) in [5.74, 6) is -0.181. The number of aliphatic hydroxyl groups excluding tert-OH is 1. The Balaban J connectivity index is 3.14. The van der Waals surface area contributed by atoms with E-state index in [4.69, 9.17) is 0 Å². The molecule has 1 N–H and O–H groups in total. The van der Waals surface area contributed by atoms with Crippen LogP contribution in [-0.2, 0) is 6.42 Å². The molecule has 0 spiro atoms. The molecule has 0 amide bonds. The molecular formula is C11H18FN3O. The summed E-state index contributed by atoms with van der Waals surface area (Å²) in [6.45, 7) is 5.40. The molecule has 4 nitrogen and oxygen atoms in total. The third kappa shape index (κ3) is 2.29. The molecule has 16 heavy (non-hydrogen) atoms. The zero-order chi connectivity index (χ0) is 12.3. The molecule has 0 saturated carbocycles. The SMILES string of the molecule is CCc1ncnc(N(C)C(C)(C)CO)c1F. The predicted molar refractivity (Wildman–Crippen MR) is 60.9 cm³/mol. The van der Waals surface area contributed by atoms with Crippen molar-refractivity contribution < 1.29 is 9.50 Å². The Kier molecular flexibility index (Phi) is 3.80. The van der Waals surface area contributed by atoms with E-state index in [0.717, 1.165) is 0 Å². The van der Waals surface area contributed by atoms with Gasteiger partial charge in [0.15, 0.2) is 11.6 Å². The molecule has 1 heterocycles. The summed E-state index contributed by atoms with van der Waals surface area (Å²) in [5, 5.41) is 9.24. The molecular weight excluding hydrogens is 209 g/mol. The quantitative estimate of drug-likeness (QED) is 0.844. The zero-order valence-corrected chi connectivity index (χ0v) is 10.2. The minimum Gasteiger partial charge on any atom is -0.394 e. The van der Waals surface area contributed by atoms with Gasteiger partial charge in [0.1, 0.15) is 6.33 Å². The normalized spacial score (nSPS) is 11.6. The summed E-state index contributed by atoms with van der Waals surface area (Å²) in [5.41, 5.74) is -0.161. The molecule has 5 heteroatoms. The highest BCUT2D eigenvalue weighted by Crippen LogP contribution is 2.23. The summed E-state index contributed by atoms with van der Waals surface area (Å²) in [6, 6.07) is 0. The maximum atomic E-state index is 13.9. The van der Waals surface area contributed by atoms with E-state index in [1.807, 2.05) is 20.8 Å². The van der Waals surface area contributed by atoms with E-state index in [1.54, 1.807) is 11.9 Å². The summed E-state index contributed by atoms with van der Waals surface area (Å²) >= 11 is 0. The fourth-order valence-electron chi connectivity index (χ4n) is 1.27. The van der Waals surface area contributed by atoms with Crippen LogP contribution in [0, 0.1) is 5.82 Å². The largest absolute Gasteiger partial charge is 0.394 e. The van der Waals surface area contributed by atoms with Gasteiger partial charge in [-0.2, -0.15) is 0 Å². The number of anilines is 1. The first-order valence-electron chi connectivity index (χ1n) is 5.28. The average molecular weight is 227 g/mol. The zero-order valence-electron chi connectivity index (χ0n) is 10.2. The topological polar surface area (TPSA) is 49.2 Å². The predicted octanol–water partition coefficient (Wildman–Crippen LogP) is 1.39. The van der Waals surface area contributed by atoms with Gasteiger partial charge in [-0.3, -0.25) is 0 Å². The van der Waals surface area contributed by atoms with Crippen molar-refractivity contribution in [2.24, 2.45) is 0 Å². The minimum absolute atomic E-state index is 0.0750. The second-order valence-electron chi connectivity index (χ2n) is 4.34. The summed E-state index contributed by atoms with van der Waals surface area (Å²) in [7, 11) is 1.71. The van der Waals surface area contributed by atoms with Gasteiger partial charge in [0.05, 0.1) is 17.8 Å². The van der Waals surface area contributed by atoms with Crippen molar-refractivity contribution in [2.75, 3.05) is 18.6 Å². The van der Waals surface area contributed by atoms with Gasteiger partial charge in [-0.05, 0) is 20.3 Å². The number of rotatable bonds is 4. The molecule has 0 radical (unpaired) electrons. The molecule has 0 bridgehead atoms. The number of nitrogens with zero attached hydrogens (tertiary/aromatic N) is 3. The van der Waals surface area contributed by atoms with E-state index in [1.165, 1.54) is 6.33 Å². The molecule has 0 aliphatic carbocycles. The van der Waals surface area contributed by atoms with Crippen LogP contribution in [0.25, 0.3) is 0 Å². The van der Waals surface area contributed by atoms with Crippen LogP contribution in [0.2, 0.25) is 0 Å². The first-order chi connectivity index (χ1) is 7.44. The summed E-state index contributed by atoms with van der Waals surface area (Å²) in [4.78, 5) is 9.43. The lowest BCUT2D eigenvalue weighted by Gasteiger charge is -2.35. The number of halogens is 1. The van der Waals surface area contributed by atoms with Crippen LogP contribution >= 0.6 is 0 Å². The Labute approximate surface area is 95.1 Å². The Morgan fingerprint density at radius 3 is 2.56 bits per heavy atom. The fraction of sp³-hybridized carbons (Fsp3) is 0.636. The van der Waals surface area contributed by atoms with Crippen LogP contribution in [0.4, 0.5) is 10.2 Å². The molecule has 0 aliphatic rings. The highest BCUT2D eigenvalue weighted by atomic mass is 19.1. The van der Waals surface area contributed by atoms with Gasteiger partial charge >= 0.3 is 0 Å². The first kappa shape index (κ1) is 12.8. The molecule has 1 aromatic rings. The van der Waals surface area contributed by atoms with Crippen molar-refractivity contribution in [3.05, 3.63) is 17.8 Å². The maximum Gasteiger partial charge on any atom is 0.187 e. The van der Waals surface area contributed by atoms with Crippen LogP contribution in [0.3, 0.4) is 0 Å². The summed E-state index contributed by atoms with van der Waals surface area (Å²) in [6.07, 6.45) is 1.87. The Bertz CT molecular complexity index is 368. The van der Waals surface area contributed by atoms with Gasteiger partial charge in [0, 0.05) is 7.05 Å². The van der Waals surface area contributed by atoms with Crippen LogP contribution in [0.1, 0.15) is 26.5 Å². The fourth-order valence-corrected chi connectivity index (χ4v) is 1.27. The van der Waals surface area contributed by atoms with Crippen LogP contribution < -0.4 is 4.90 Å². The monoisotopic (exact) mass is 227 g/mol. The van der Waals surface area contributed by atoms with E-state index in [9.17, 15) is 9.50 Å². The molecule has 1 rings (SSSR count). The van der Waals surface area contributed by atoms with Gasteiger partial charge in [0.2, 0.25) is 0 Å². The highest BCUT2D eigenvalue weighted by Gasteiger charge is 2.26. The molecule has 0 atom stereocenters. The number of aliphatic hydroxyl groups is 1. The molecule has 1 aromatic heterocycles. The minimum atomic E-state index is -0.555. The second kappa shape index (κ2) is 4.74. The highest BCUT2D eigenvalue weighted by molar-refractivity contribution is 5.42. The van der Waals surface area contributed by atoms with E-state index in [2.05, 4.69) is 9.97 Å². The first-order valence-corrected chi connectivity index (χ1v) is 5.28. The second-order valence-corrected chi connectivity index (χ2v) is 4.34. The Morgan fingerprint density at radius 1 is 1.44 bits per heavy atom. The van der Waals surface area contributed by atoms with Gasteiger partial charge in [-0.25, -0.2) is 14.4 Å². The number of aryl methyl sites for hydroxylation is 1. The van der Waals surface area contributed by atoms with Crippen molar-refractivity contribution >= 4 is 5.82 Å². The van der Waals surface area contributed by atoms with E-state index < -0.39 is 11.4 Å².